The number of ether oxygens (including phenoxy) is 1. The third-order valence-electron chi connectivity index (χ3n) is 3.11. The molecule has 0 spiro atoms. The predicted molar refractivity (Wildman–Crippen MR) is 73.0 cm³/mol. The highest BCUT2D eigenvalue weighted by Crippen LogP contribution is 2.27. The summed E-state index contributed by atoms with van der Waals surface area (Å²) in [6, 6.07) is 1.18. The second-order valence-electron chi connectivity index (χ2n) is 4.66. The van der Waals surface area contributed by atoms with Gasteiger partial charge in [0.15, 0.2) is 0 Å². The van der Waals surface area contributed by atoms with Gasteiger partial charge in [-0.1, -0.05) is 11.6 Å². The lowest BCUT2D eigenvalue weighted by Crippen LogP contribution is -2.38. The van der Waals surface area contributed by atoms with E-state index in [9.17, 15) is 12.8 Å². The molecular formula is C11H15ClFN3O3S. The van der Waals surface area contributed by atoms with E-state index in [4.69, 9.17) is 21.5 Å². The minimum Gasteiger partial charge on any atom is -0.381 e. The largest absolute Gasteiger partial charge is 0.381 e. The lowest BCUT2D eigenvalue weighted by atomic mass is 9.96. The highest BCUT2D eigenvalue weighted by molar-refractivity contribution is 7.89. The zero-order valence-corrected chi connectivity index (χ0v) is 12.2. The van der Waals surface area contributed by atoms with Crippen molar-refractivity contribution in [2.75, 3.05) is 25.1 Å². The molecule has 1 aromatic heterocycles. The van der Waals surface area contributed by atoms with Gasteiger partial charge in [0.25, 0.3) is 0 Å². The molecule has 20 heavy (non-hydrogen) atoms. The van der Waals surface area contributed by atoms with Crippen molar-refractivity contribution in [3.63, 3.8) is 0 Å². The number of pyridine rings is 1. The molecule has 0 atom stereocenters. The second-order valence-corrected chi connectivity index (χ2v) is 6.63. The van der Waals surface area contributed by atoms with Crippen LogP contribution in [-0.4, -0.2) is 38.8 Å². The van der Waals surface area contributed by atoms with Gasteiger partial charge < -0.3 is 10.1 Å². The van der Waals surface area contributed by atoms with Gasteiger partial charge in [-0.2, -0.15) is 0 Å². The topological polar surface area (TPSA) is 94.3 Å². The Kier molecular flexibility index (Phi) is 4.48. The lowest BCUT2D eigenvalue weighted by molar-refractivity contribution is -0.00119. The van der Waals surface area contributed by atoms with Crippen LogP contribution in [-0.2, 0) is 14.8 Å². The average Bonchev–Trinajstić information content (AvgIpc) is 2.37. The summed E-state index contributed by atoms with van der Waals surface area (Å²) in [5.74, 6) is 0.225. The number of hydrogen-bond acceptors (Lipinski definition) is 5. The summed E-state index contributed by atoms with van der Waals surface area (Å²) in [7, 11) is -3.85. The zero-order valence-electron chi connectivity index (χ0n) is 10.6. The molecule has 0 bridgehead atoms. The molecule has 2 heterocycles. The van der Waals surface area contributed by atoms with Crippen LogP contribution in [0, 0.1) is 0 Å². The van der Waals surface area contributed by atoms with Crippen molar-refractivity contribution in [1.82, 2.24) is 4.98 Å². The molecule has 1 aliphatic rings. The standard InChI is InChI=1S/C11H15ClFN3O3S/c12-9-5-8(20(14,17)18)6-15-10(9)16-7-11(13)1-3-19-4-2-11/h5-6H,1-4,7H2,(H,15,16)(H2,14,17,18). The molecule has 1 saturated heterocycles. The summed E-state index contributed by atoms with van der Waals surface area (Å²) in [4.78, 5) is 3.67. The molecule has 0 radical (unpaired) electrons. The highest BCUT2D eigenvalue weighted by atomic mass is 35.5. The maximum atomic E-state index is 14.3. The van der Waals surface area contributed by atoms with Crippen LogP contribution in [0.1, 0.15) is 12.8 Å². The number of nitrogens with zero attached hydrogens (tertiary/aromatic N) is 1. The molecule has 0 aliphatic carbocycles. The van der Waals surface area contributed by atoms with E-state index in [1.807, 2.05) is 0 Å². The number of hydrogen-bond donors (Lipinski definition) is 2. The van der Waals surface area contributed by atoms with Crippen LogP contribution in [0.25, 0.3) is 0 Å². The summed E-state index contributed by atoms with van der Waals surface area (Å²) in [6.45, 7) is 0.797. The predicted octanol–water partition coefficient (Wildman–Crippen LogP) is 1.31. The normalized spacial score (nSPS) is 18.8. The van der Waals surface area contributed by atoms with Crippen LogP contribution in [0.4, 0.5) is 10.2 Å². The number of aromatic nitrogens is 1. The van der Waals surface area contributed by atoms with Gasteiger partial charge in [-0.25, -0.2) is 22.9 Å². The third-order valence-corrected chi connectivity index (χ3v) is 4.27. The molecule has 0 amide bonds. The molecule has 0 aromatic carbocycles. The first-order chi connectivity index (χ1) is 9.30. The maximum Gasteiger partial charge on any atom is 0.239 e. The highest BCUT2D eigenvalue weighted by Gasteiger charge is 2.32. The molecule has 0 saturated carbocycles. The van der Waals surface area contributed by atoms with E-state index in [1.165, 1.54) is 6.07 Å². The van der Waals surface area contributed by atoms with Gasteiger partial charge in [0.2, 0.25) is 10.0 Å². The van der Waals surface area contributed by atoms with Crippen molar-refractivity contribution >= 4 is 27.4 Å². The second kappa shape index (κ2) is 5.80. The Morgan fingerprint density at radius 1 is 1.50 bits per heavy atom. The van der Waals surface area contributed by atoms with Gasteiger partial charge in [0.1, 0.15) is 16.4 Å². The number of anilines is 1. The van der Waals surface area contributed by atoms with Crippen molar-refractivity contribution in [2.24, 2.45) is 5.14 Å². The Labute approximate surface area is 121 Å². The average molecular weight is 324 g/mol. The van der Waals surface area contributed by atoms with E-state index < -0.39 is 15.7 Å². The molecule has 6 nitrogen and oxygen atoms in total. The van der Waals surface area contributed by atoms with E-state index in [1.54, 1.807) is 0 Å². The molecule has 112 valence electrons. The van der Waals surface area contributed by atoms with Crippen molar-refractivity contribution in [3.8, 4) is 0 Å². The Bertz CT molecular complexity index is 591. The third kappa shape index (κ3) is 3.78. The van der Waals surface area contributed by atoms with Gasteiger partial charge in [-0.3, -0.25) is 0 Å². The first-order valence-electron chi connectivity index (χ1n) is 5.99. The monoisotopic (exact) mass is 323 g/mol. The molecule has 3 N–H and O–H groups in total. The summed E-state index contributed by atoms with van der Waals surface area (Å²) in [6.07, 6.45) is 1.68. The van der Waals surface area contributed by atoms with Gasteiger partial charge >= 0.3 is 0 Å². The molecule has 1 fully saturated rings. The summed E-state index contributed by atoms with van der Waals surface area (Å²) < 4.78 is 41.7. The first-order valence-corrected chi connectivity index (χ1v) is 7.91. The van der Waals surface area contributed by atoms with Gasteiger partial charge in [-0.05, 0) is 6.07 Å². The summed E-state index contributed by atoms with van der Waals surface area (Å²) in [5.41, 5.74) is -1.37. The van der Waals surface area contributed by atoms with Crippen molar-refractivity contribution in [1.29, 1.82) is 0 Å². The van der Waals surface area contributed by atoms with Gasteiger partial charge in [0, 0.05) is 32.3 Å². The minimum atomic E-state index is -3.85. The smallest absolute Gasteiger partial charge is 0.239 e. The maximum absolute atomic E-state index is 14.3. The molecule has 2 rings (SSSR count). The van der Waals surface area contributed by atoms with Crippen molar-refractivity contribution < 1.29 is 17.5 Å². The van der Waals surface area contributed by atoms with Crippen molar-refractivity contribution in [2.45, 2.75) is 23.4 Å². The molecular weight excluding hydrogens is 309 g/mol. The number of alkyl halides is 1. The lowest BCUT2D eigenvalue weighted by Gasteiger charge is -2.29. The first kappa shape index (κ1) is 15.4. The fraction of sp³-hybridized carbons (Fsp3) is 0.545. The van der Waals surface area contributed by atoms with E-state index in [2.05, 4.69) is 10.3 Å². The van der Waals surface area contributed by atoms with Crippen LogP contribution in [0.2, 0.25) is 5.02 Å². The van der Waals surface area contributed by atoms with Crippen LogP contribution in [0.3, 0.4) is 0 Å². The van der Waals surface area contributed by atoms with Crippen LogP contribution in [0.5, 0.6) is 0 Å². The van der Waals surface area contributed by atoms with Crippen LogP contribution >= 0.6 is 11.6 Å². The quantitative estimate of drug-likeness (QED) is 0.871. The zero-order chi connectivity index (χ0) is 14.8. The molecule has 1 aromatic rings. The Balaban J connectivity index is 2.07. The fourth-order valence-corrected chi connectivity index (χ4v) is 2.64. The number of primary sulfonamides is 1. The Hall–Kier alpha value is -0.960. The number of nitrogens with two attached hydrogens (primary N) is 1. The fourth-order valence-electron chi connectivity index (χ4n) is 1.86. The Morgan fingerprint density at radius 3 is 2.70 bits per heavy atom. The Morgan fingerprint density at radius 2 is 2.15 bits per heavy atom. The van der Waals surface area contributed by atoms with E-state index in [-0.39, 0.29) is 22.3 Å². The SMILES string of the molecule is NS(=O)(=O)c1cnc(NCC2(F)CCOCC2)c(Cl)c1. The molecule has 9 heteroatoms. The van der Waals surface area contributed by atoms with Crippen LogP contribution < -0.4 is 10.5 Å². The molecule has 0 unspecified atom stereocenters. The van der Waals surface area contributed by atoms with E-state index >= 15 is 0 Å². The molecule has 1 aliphatic heterocycles. The van der Waals surface area contributed by atoms with Crippen LogP contribution in [0.15, 0.2) is 17.2 Å². The van der Waals surface area contributed by atoms with Gasteiger partial charge in [0.05, 0.1) is 11.6 Å². The minimum absolute atomic E-state index is 0.0395. The summed E-state index contributed by atoms with van der Waals surface area (Å²) in [5, 5.41) is 7.84. The summed E-state index contributed by atoms with van der Waals surface area (Å²) >= 11 is 5.91. The van der Waals surface area contributed by atoms with Gasteiger partial charge in [-0.15, -0.1) is 0 Å². The van der Waals surface area contributed by atoms with E-state index in [0.717, 1.165) is 6.20 Å². The number of rotatable bonds is 4. The number of sulfonamides is 1. The number of nitrogens with one attached hydrogen (secondary N) is 1. The number of halogens is 2. The van der Waals surface area contributed by atoms with E-state index in [0.29, 0.717) is 26.1 Å². The van der Waals surface area contributed by atoms with Crippen molar-refractivity contribution in [3.05, 3.63) is 17.3 Å².